The molecule has 0 radical (unpaired) electrons. The molecule has 2 fully saturated rings. The lowest BCUT2D eigenvalue weighted by molar-refractivity contribution is 0.0649. The fourth-order valence-electron chi connectivity index (χ4n) is 3.23. The van der Waals surface area contributed by atoms with E-state index in [1.165, 1.54) is 58.5 Å². The Morgan fingerprint density at radius 3 is 2.61 bits per heavy atom. The van der Waals surface area contributed by atoms with Gasteiger partial charge in [-0.05, 0) is 64.3 Å². The van der Waals surface area contributed by atoms with Gasteiger partial charge in [-0.15, -0.1) is 0 Å². The second-order valence-electron chi connectivity index (χ2n) is 6.65. The topological polar surface area (TPSA) is 18.5 Å². The van der Waals surface area contributed by atoms with E-state index in [9.17, 15) is 0 Å². The van der Waals surface area contributed by atoms with E-state index in [1.807, 2.05) is 0 Å². The first-order chi connectivity index (χ1) is 8.66. The molecule has 2 unspecified atom stereocenters. The van der Waals surface area contributed by atoms with Crippen molar-refractivity contribution in [1.82, 2.24) is 15.1 Å². The molecule has 2 atom stereocenters. The summed E-state index contributed by atoms with van der Waals surface area (Å²) in [5.41, 5.74) is 0. The zero-order valence-corrected chi connectivity index (χ0v) is 12.5. The summed E-state index contributed by atoms with van der Waals surface area (Å²) in [6, 6.07) is 0.871. The predicted molar refractivity (Wildman–Crippen MR) is 77.9 cm³/mol. The summed E-state index contributed by atoms with van der Waals surface area (Å²) in [4.78, 5) is 5.24. The Kier molecular flexibility index (Phi) is 5.46. The molecule has 1 saturated heterocycles. The van der Waals surface area contributed by atoms with E-state index < -0.39 is 0 Å². The summed E-state index contributed by atoms with van der Waals surface area (Å²) >= 11 is 0. The molecule has 0 aromatic rings. The average molecular weight is 253 g/mol. The van der Waals surface area contributed by atoms with Gasteiger partial charge in [-0.3, -0.25) is 4.90 Å². The van der Waals surface area contributed by atoms with Crippen LogP contribution in [0.1, 0.15) is 33.1 Å². The number of hydrogen-bond acceptors (Lipinski definition) is 3. The van der Waals surface area contributed by atoms with Gasteiger partial charge in [0.1, 0.15) is 0 Å². The van der Waals surface area contributed by atoms with Crippen LogP contribution in [0.5, 0.6) is 0 Å². The smallest absolute Gasteiger partial charge is 0.0136 e. The number of rotatable bonds is 5. The highest BCUT2D eigenvalue weighted by Crippen LogP contribution is 2.32. The molecule has 0 amide bonds. The molecule has 1 aliphatic carbocycles. The molecule has 2 aliphatic rings. The highest BCUT2D eigenvalue weighted by molar-refractivity contribution is 4.91. The lowest BCUT2D eigenvalue weighted by atomic mass is 9.78. The van der Waals surface area contributed by atoms with Gasteiger partial charge in [0.15, 0.2) is 0 Å². The Morgan fingerprint density at radius 2 is 1.94 bits per heavy atom. The lowest BCUT2D eigenvalue weighted by Crippen LogP contribution is -2.51. The molecule has 2 rings (SSSR count). The summed E-state index contributed by atoms with van der Waals surface area (Å²) in [5.74, 6) is 1.68. The minimum Gasteiger partial charge on any atom is -0.316 e. The summed E-state index contributed by atoms with van der Waals surface area (Å²) in [7, 11) is 2.26. The first-order valence-corrected chi connectivity index (χ1v) is 7.80. The number of nitrogens with one attached hydrogen (secondary N) is 1. The Bertz CT molecular complexity index is 242. The molecule has 3 nitrogen and oxygen atoms in total. The zero-order valence-electron chi connectivity index (χ0n) is 12.5. The van der Waals surface area contributed by atoms with Crippen molar-refractivity contribution in [3.8, 4) is 0 Å². The van der Waals surface area contributed by atoms with Crippen molar-refractivity contribution in [2.75, 3.05) is 46.3 Å². The SMILES string of the molecule is CC(C)CNCC1CCC1N1CCCN(C)CC1. The van der Waals surface area contributed by atoms with Gasteiger partial charge in [-0.1, -0.05) is 13.8 Å². The molecule has 1 saturated carbocycles. The third kappa shape index (κ3) is 3.94. The monoisotopic (exact) mass is 253 g/mol. The van der Waals surface area contributed by atoms with E-state index in [1.54, 1.807) is 0 Å². The quantitative estimate of drug-likeness (QED) is 0.804. The highest BCUT2D eigenvalue weighted by Gasteiger charge is 2.35. The maximum atomic E-state index is 3.64. The van der Waals surface area contributed by atoms with Gasteiger partial charge in [-0.2, -0.15) is 0 Å². The fourth-order valence-corrected chi connectivity index (χ4v) is 3.23. The Labute approximate surface area is 113 Å². The van der Waals surface area contributed by atoms with Crippen molar-refractivity contribution >= 4 is 0 Å². The van der Waals surface area contributed by atoms with Gasteiger partial charge in [0.05, 0.1) is 0 Å². The zero-order chi connectivity index (χ0) is 13.0. The van der Waals surface area contributed by atoms with E-state index in [0.29, 0.717) is 0 Å². The molecule has 106 valence electrons. The van der Waals surface area contributed by atoms with Crippen molar-refractivity contribution in [2.24, 2.45) is 11.8 Å². The molecule has 1 aliphatic heterocycles. The Hall–Kier alpha value is -0.120. The van der Waals surface area contributed by atoms with Crippen molar-refractivity contribution in [3.05, 3.63) is 0 Å². The van der Waals surface area contributed by atoms with E-state index in [-0.39, 0.29) is 0 Å². The van der Waals surface area contributed by atoms with E-state index in [2.05, 4.69) is 36.0 Å². The largest absolute Gasteiger partial charge is 0.316 e. The summed E-state index contributed by atoms with van der Waals surface area (Å²) in [6.07, 6.45) is 4.21. The van der Waals surface area contributed by atoms with Crippen LogP contribution in [-0.2, 0) is 0 Å². The van der Waals surface area contributed by atoms with Crippen LogP contribution in [0.4, 0.5) is 0 Å². The maximum absolute atomic E-state index is 3.64. The van der Waals surface area contributed by atoms with E-state index >= 15 is 0 Å². The molecule has 0 spiro atoms. The number of likely N-dealkylation sites (N-methyl/N-ethyl adjacent to an activating group) is 1. The number of nitrogens with zero attached hydrogens (tertiary/aromatic N) is 2. The van der Waals surface area contributed by atoms with Crippen molar-refractivity contribution in [2.45, 2.75) is 39.2 Å². The molecular formula is C15H31N3. The van der Waals surface area contributed by atoms with Crippen LogP contribution in [0.25, 0.3) is 0 Å². The van der Waals surface area contributed by atoms with Crippen LogP contribution in [0.15, 0.2) is 0 Å². The van der Waals surface area contributed by atoms with Crippen LogP contribution in [0, 0.1) is 11.8 Å². The molecule has 18 heavy (non-hydrogen) atoms. The van der Waals surface area contributed by atoms with Gasteiger partial charge < -0.3 is 10.2 Å². The Morgan fingerprint density at radius 1 is 1.11 bits per heavy atom. The summed E-state index contributed by atoms with van der Waals surface area (Å²) in [6.45, 7) is 12.1. The highest BCUT2D eigenvalue weighted by atomic mass is 15.2. The van der Waals surface area contributed by atoms with Crippen LogP contribution in [-0.4, -0.2) is 62.2 Å². The van der Waals surface area contributed by atoms with Crippen molar-refractivity contribution in [1.29, 1.82) is 0 Å². The molecule has 0 aromatic carbocycles. The van der Waals surface area contributed by atoms with Crippen molar-refractivity contribution < 1.29 is 0 Å². The fraction of sp³-hybridized carbons (Fsp3) is 1.00. The first-order valence-electron chi connectivity index (χ1n) is 7.80. The third-order valence-corrected chi connectivity index (χ3v) is 4.56. The molecule has 0 aromatic heterocycles. The van der Waals surface area contributed by atoms with Gasteiger partial charge in [0, 0.05) is 19.1 Å². The second-order valence-corrected chi connectivity index (χ2v) is 6.65. The minimum absolute atomic E-state index is 0.773. The molecule has 0 bridgehead atoms. The van der Waals surface area contributed by atoms with Gasteiger partial charge in [0.2, 0.25) is 0 Å². The Balaban J connectivity index is 1.71. The van der Waals surface area contributed by atoms with Crippen LogP contribution in [0.3, 0.4) is 0 Å². The maximum Gasteiger partial charge on any atom is 0.0136 e. The van der Waals surface area contributed by atoms with E-state index in [4.69, 9.17) is 0 Å². The van der Waals surface area contributed by atoms with Gasteiger partial charge in [-0.25, -0.2) is 0 Å². The molecule has 1 N–H and O–H groups in total. The summed E-state index contributed by atoms with van der Waals surface area (Å²) < 4.78 is 0. The molecule has 1 heterocycles. The third-order valence-electron chi connectivity index (χ3n) is 4.56. The van der Waals surface area contributed by atoms with Crippen LogP contribution in [0.2, 0.25) is 0 Å². The van der Waals surface area contributed by atoms with Gasteiger partial charge >= 0.3 is 0 Å². The van der Waals surface area contributed by atoms with Gasteiger partial charge in [0.25, 0.3) is 0 Å². The second kappa shape index (κ2) is 6.88. The average Bonchev–Trinajstić information content (AvgIpc) is 2.48. The van der Waals surface area contributed by atoms with Crippen molar-refractivity contribution in [3.63, 3.8) is 0 Å². The predicted octanol–water partition coefficient (Wildman–Crippen LogP) is 1.65. The normalized spacial score (nSPS) is 31.3. The summed E-state index contributed by atoms with van der Waals surface area (Å²) in [5, 5.41) is 3.64. The molecule has 3 heteroatoms. The molecular weight excluding hydrogens is 222 g/mol. The van der Waals surface area contributed by atoms with Crippen LogP contribution < -0.4 is 5.32 Å². The van der Waals surface area contributed by atoms with Crippen LogP contribution >= 0.6 is 0 Å². The lowest BCUT2D eigenvalue weighted by Gasteiger charge is -2.44. The number of hydrogen-bond donors (Lipinski definition) is 1. The minimum atomic E-state index is 0.773. The van der Waals surface area contributed by atoms with E-state index in [0.717, 1.165) is 17.9 Å². The standard InChI is InChI=1S/C15H31N3/c1-13(2)11-16-12-14-5-6-15(14)18-8-4-7-17(3)9-10-18/h13-16H,4-12H2,1-3H3. The first kappa shape index (κ1) is 14.3.